The van der Waals surface area contributed by atoms with E-state index in [1.165, 1.54) is 6.07 Å². The molecule has 0 aliphatic carbocycles. The molecule has 0 bridgehead atoms. The Labute approximate surface area is 127 Å². The second-order valence-corrected chi connectivity index (χ2v) is 4.74. The molecular weight excluding hydrogens is 288 g/mol. The van der Waals surface area contributed by atoms with E-state index in [1.807, 2.05) is 6.07 Å². The molecule has 0 spiro atoms. The topological polar surface area (TPSA) is 53.2 Å². The summed E-state index contributed by atoms with van der Waals surface area (Å²) in [5.41, 5.74) is 1.57. The van der Waals surface area contributed by atoms with Gasteiger partial charge in [-0.05, 0) is 41.8 Å². The second kappa shape index (κ2) is 7.64. The molecule has 2 rings (SSSR count). The van der Waals surface area contributed by atoms with Gasteiger partial charge < -0.3 is 9.84 Å². The Morgan fingerprint density at radius 3 is 2.55 bits per heavy atom. The molecule has 5 heteroatoms. The quantitative estimate of drug-likeness (QED) is 0.833. The van der Waals surface area contributed by atoms with Gasteiger partial charge in [0.25, 0.3) is 0 Å². The number of aliphatic hydroxyl groups is 1. The molecule has 0 amide bonds. The molecule has 2 aromatic carbocycles. The molecule has 1 N–H and O–H groups in total. The fourth-order valence-electron chi connectivity index (χ4n) is 2.10. The maximum atomic E-state index is 13.5. The third-order valence-electron chi connectivity index (χ3n) is 3.15. The summed E-state index contributed by atoms with van der Waals surface area (Å²) >= 11 is 0. The third-order valence-corrected chi connectivity index (χ3v) is 3.15. The molecule has 1 unspecified atom stereocenters. The molecule has 3 nitrogen and oxygen atoms in total. The molecule has 0 saturated carbocycles. The van der Waals surface area contributed by atoms with E-state index in [-0.39, 0.29) is 13.2 Å². The highest BCUT2D eigenvalue weighted by Gasteiger charge is 2.17. The zero-order valence-electron chi connectivity index (χ0n) is 11.8. The minimum absolute atomic E-state index is 0.0251. The van der Waals surface area contributed by atoms with Crippen LogP contribution in [0, 0.1) is 23.0 Å². The highest BCUT2D eigenvalue weighted by atomic mass is 19.2. The standard InChI is InChI=1S/C17H15F2NO2/c18-15-6-5-14(10-16(15)19)17(22-8-2-7-21)13-4-1-3-12(9-13)11-20/h1,3-6,9-10,17,21H,2,7-8H2. The van der Waals surface area contributed by atoms with Crippen molar-refractivity contribution in [2.45, 2.75) is 12.5 Å². The van der Waals surface area contributed by atoms with Crippen molar-refractivity contribution in [3.05, 3.63) is 70.8 Å². The first-order valence-corrected chi connectivity index (χ1v) is 6.83. The SMILES string of the molecule is N#Cc1cccc(C(OCCCO)c2ccc(F)c(F)c2)c1. The van der Waals surface area contributed by atoms with Crippen LogP contribution in [-0.4, -0.2) is 18.3 Å². The zero-order valence-corrected chi connectivity index (χ0v) is 11.8. The molecule has 22 heavy (non-hydrogen) atoms. The van der Waals surface area contributed by atoms with Crippen LogP contribution in [0.15, 0.2) is 42.5 Å². The number of halogens is 2. The van der Waals surface area contributed by atoms with Gasteiger partial charge in [0, 0.05) is 6.61 Å². The van der Waals surface area contributed by atoms with E-state index >= 15 is 0 Å². The van der Waals surface area contributed by atoms with Crippen LogP contribution in [0.5, 0.6) is 0 Å². The maximum Gasteiger partial charge on any atom is 0.159 e. The predicted molar refractivity (Wildman–Crippen MR) is 77.0 cm³/mol. The first-order valence-electron chi connectivity index (χ1n) is 6.83. The number of benzene rings is 2. The van der Waals surface area contributed by atoms with Crippen LogP contribution in [0.3, 0.4) is 0 Å². The van der Waals surface area contributed by atoms with E-state index in [2.05, 4.69) is 0 Å². The summed E-state index contributed by atoms with van der Waals surface area (Å²) < 4.78 is 32.3. The lowest BCUT2D eigenvalue weighted by molar-refractivity contribution is 0.0680. The summed E-state index contributed by atoms with van der Waals surface area (Å²) in [4.78, 5) is 0. The number of nitrogens with zero attached hydrogens (tertiary/aromatic N) is 1. The lowest BCUT2D eigenvalue weighted by atomic mass is 9.99. The normalized spacial score (nSPS) is 11.9. The third kappa shape index (κ3) is 3.88. The van der Waals surface area contributed by atoms with Gasteiger partial charge in [0.1, 0.15) is 6.10 Å². The summed E-state index contributed by atoms with van der Waals surface area (Å²) in [6.07, 6.45) is -0.201. The fraction of sp³-hybridized carbons (Fsp3) is 0.235. The smallest absolute Gasteiger partial charge is 0.159 e. The summed E-state index contributed by atoms with van der Waals surface area (Å²) in [7, 11) is 0. The van der Waals surface area contributed by atoms with Crippen LogP contribution in [0.4, 0.5) is 8.78 Å². The number of rotatable bonds is 6. The van der Waals surface area contributed by atoms with Gasteiger partial charge >= 0.3 is 0 Å². The van der Waals surface area contributed by atoms with Gasteiger partial charge in [-0.2, -0.15) is 5.26 Å². The van der Waals surface area contributed by atoms with E-state index in [0.717, 1.165) is 12.1 Å². The van der Waals surface area contributed by atoms with Crippen molar-refractivity contribution in [3.8, 4) is 6.07 Å². The van der Waals surface area contributed by atoms with Crippen molar-refractivity contribution in [3.63, 3.8) is 0 Å². The molecule has 0 radical (unpaired) electrons. The van der Waals surface area contributed by atoms with Crippen molar-refractivity contribution >= 4 is 0 Å². The molecule has 1 atom stereocenters. The lowest BCUT2D eigenvalue weighted by Crippen LogP contribution is -2.09. The minimum Gasteiger partial charge on any atom is -0.396 e. The Bertz CT molecular complexity index is 683. The lowest BCUT2D eigenvalue weighted by Gasteiger charge is -2.19. The molecule has 0 aliphatic rings. The molecular formula is C17H15F2NO2. The Morgan fingerprint density at radius 1 is 1.09 bits per heavy atom. The van der Waals surface area contributed by atoms with Gasteiger partial charge in [-0.1, -0.05) is 18.2 Å². The molecule has 114 valence electrons. The van der Waals surface area contributed by atoms with Gasteiger partial charge in [0.05, 0.1) is 18.2 Å². The fourth-order valence-corrected chi connectivity index (χ4v) is 2.10. The minimum atomic E-state index is -0.954. The van der Waals surface area contributed by atoms with Gasteiger partial charge in [-0.25, -0.2) is 8.78 Å². The van der Waals surface area contributed by atoms with Gasteiger partial charge in [-0.3, -0.25) is 0 Å². The van der Waals surface area contributed by atoms with E-state index in [4.69, 9.17) is 15.1 Å². The van der Waals surface area contributed by atoms with Crippen LogP contribution in [0.25, 0.3) is 0 Å². The summed E-state index contributed by atoms with van der Waals surface area (Å²) in [5, 5.41) is 17.8. The maximum absolute atomic E-state index is 13.5. The average molecular weight is 303 g/mol. The number of ether oxygens (including phenoxy) is 1. The van der Waals surface area contributed by atoms with Crippen molar-refractivity contribution in [1.82, 2.24) is 0 Å². The molecule has 0 aliphatic heterocycles. The number of hydrogen-bond acceptors (Lipinski definition) is 3. The molecule has 0 aromatic heterocycles. The van der Waals surface area contributed by atoms with E-state index in [0.29, 0.717) is 23.1 Å². The van der Waals surface area contributed by atoms with Crippen LogP contribution in [0.2, 0.25) is 0 Å². The first-order chi connectivity index (χ1) is 10.7. The Hall–Kier alpha value is -2.29. The summed E-state index contributed by atoms with van der Waals surface area (Å²) in [6.45, 7) is 0.236. The van der Waals surface area contributed by atoms with Gasteiger partial charge in [0.2, 0.25) is 0 Å². The van der Waals surface area contributed by atoms with Crippen molar-refractivity contribution in [2.75, 3.05) is 13.2 Å². The monoisotopic (exact) mass is 303 g/mol. The molecule has 0 heterocycles. The van der Waals surface area contributed by atoms with E-state index in [9.17, 15) is 8.78 Å². The van der Waals surface area contributed by atoms with Crippen LogP contribution >= 0.6 is 0 Å². The van der Waals surface area contributed by atoms with Crippen LogP contribution in [-0.2, 0) is 4.74 Å². The molecule has 0 fully saturated rings. The van der Waals surface area contributed by atoms with Crippen LogP contribution < -0.4 is 0 Å². The number of nitriles is 1. The zero-order chi connectivity index (χ0) is 15.9. The molecule has 0 saturated heterocycles. The average Bonchev–Trinajstić information content (AvgIpc) is 2.54. The van der Waals surface area contributed by atoms with Crippen molar-refractivity contribution < 1.29 is 18.6 Å². The number of hydrogen-bond donors (Lipinski definition) is 1. The predicted octanol–water partition coefficient (Wildman–Crippen LogP) is 3.32. The molecule has 2 aromatic rings. The Balaban J connectivity index is 2.36. The summed E-state index contributed by atoms with van der Waals surface area (Å²) in [5.74, 6) is -1.88. The number of aliphatic hydroxyl groups excluding tert-OH is 1. The second-order valence-electron chi connectivity index (χ2n) is 4.74. The van der Waals surface area contributed by atoms with E-state index in [1.54, 1.807) is 24.3 Å². The van der Waals surface area contributed by atoms with E-state index < -0.39 is 17.7 Å². The highest BCUT2D eigenvalue weighted by molar-refractivity contribution is 5.38. The van der Waals surface area contributed by atoms with Crippen molar-refractivity contribution in [1.29, 1.82) is 5.26 Å². The summed E-state index contributed by atoms with van der Waals surface area (Å²) in [6, 6.07) is 12.4. The van der Waals surface area contributed by atoms with Gasteiger partial charge in [-0.15, -0.1) is 0 Å². The first kappa shape index (κ1) is 16.1. The van der Waals surface area contributed by atoms with Crippen molar-refractivity contribution in [2.24, 2.45) is 0 Å². The Morgan fingerprint density at radius 2 is 1.86 bits per heavy atom. The van der Waals surface area contributed by atoms with Crippen LogP contribution in [0.1, 0.15) is 29.2 Å². The highest BCUT2D eigenvalue weighted by Crippen LogP contribution is 2.28. The Kier molecular flexibility index (Phi) is 5.59. The van der Waals surface area contributed by atoms with Gasteiger partial charge in [0.15, 0.2) is 11.6 Å². The largest absolute Gasteiger partial charge is 0.396 e.